The Balaban J connectivity index is 1.41. The lowest BCUT2D eigenvalue weighted by Gasteiger charge is -2.22. The zero-order valence-electron chi connectivity index (χ0n) is 14.3. The summed E-state index contributed by atoms with van der Waals surface area (Å²) in [5, 5.41) is 4.11. The molecule has 0 saturated carbocycles. The molecule has 1 aliphatic rings. The van der Waals surface area contributed by atoms with Gasteiger partial charge in [0.15, 0.2) is 0 Å². The minimum absolute atomic E-state index is 0.162. The lowest BCUT2D eigenvalue weighted by Crippen LogP contribution is -2.37. The van der Waals surface area contributed by atoms with Crippen LogP contribution in [-0.4, -0.2) is 67.8 Å². The van der Waals surface area contributed by atoms with E-state index in [-0.39, 0.29) is 5.91 Å². The highest BCUT2D eigenvalue weighted by Crippen LogP contribution is 2.06. The van der Waals surface area contributed by atoms with Crippen LogP contribution < -0.4 is 0 Å². The van der Waals surface area contributed by atoms with Crippen molar-refractivity contribution in [2.24, 2.45) is 0 Å². The number of carbonyl (C=O) groups excluding carboxylic acids is 1. The standard InChI is InChI=1S/C17H26N6O/c1-16-18-6-12-21(16)9-3-7-20-8-4-10-22(14-13-20)17(24)15-23-11-2-5-19-23/h2,5-6,11-12H,3-4,7-10,13-15H2,1H3. The van der Waals surface area contributed by atoms with Crippen LogP contribution in [0.4, 0.5) is 0 Å². The van der Waals surface area contributed by atoms with Gasteiger partial charge in [0.1, 0.15) is 12.4 Å². The number of hydrogen-bond acceptors (Lipinski definition) is 4. The fraction of sp³-hybridized carbons (Fsp3) is 0.588. The van der Waals surface area contributed by atoms with Gasteiger partial charge >= 0.3 is 0 Å². The van der Waals surface area contributed by atoms with Gasteiger partial charge in [-0.15, -0.1) is 0 Å². The van der Waals surface area contributed by atoms with Crippen molar-refractivity contribution in [1.29, 1.82) is 0 Å². The minimum Gasteiger partial charge on any atom is -0.340 e. The maximum Gasteiger partial charge on any atom is 0.244 e. The first-order chi connectivity index (χ1) is 11.7. The Morgan fingerprint density at radius 3 is 2.79 bits per heavy atom. The largest absolute Gasteiger partial charge is 0.340 e. The van der Waals surface area contributed by atoms with Gasteiger partial charge in [0, 0.05) is 51.0 Å². The molecule has 7 nitrogen and oxygen atoms in total. The number of aryl methyl sites for hydroxylation is 2. The normalized spacial score (nSPS) is 16.3. The van der Waals surface area contributed by atoms with Crippen LogP contribution in [0.3, 0.4) is 0 Å². The van der Waals surface area contributed by atoms with E-state index >= 15 is 0 Å². The van der Waals surface area contributed by atoms with E-state index in [0.29, 0.717) is 6.54 Å². The average molecular weight is 330 g/mol. The number of carbonyl (C=O) groups is 1. The number of amides is 1. The summed E-state index contributed by atoms with van der Waals surface area (Å²) in [5.74, 6) is 1.23. The summed E-state index contributed by atoms with van der Waals surface area (Å²) in [4.78, 5) is 21.1. The second-order valence-electron chi connectivity index (χ2n) is 6.30. The fourth-order valence-corrected chi connectivity index (χ4v) is 3.18. The van der Waals surface area contributed by atoms with E-state index in [0.717, 1.165) is 57.9 Å². The van der Waals surface area contributed by atoms with Gasteiger partial charge in [-0.3, -0.25) is 9.48 Å². The highest BCUT2D eigenvalue weighted by Gasteiger charge is 2.19. The second-order valence-corrected chi connectivity index (χ2v) is 6.30. The lowest BCUT2D eigenvalue weighted by atomic mass is 10.3. The van der Waals surface area contributed by atoms with Crippen molar-refractivity contribution in [3.05, 3.63) is 36.7 Å². The maximum atomic E-state index is 12.4. The molecule has 1 aliphatic heterocycles. The Labute approximate surface area is 142 Å². The molecular formula is C17H26N6O. The van der Waals surface area contributed by atoms with Crippen molar-refractivity contribution in [2.75, 3.05) is 32.7 Å². The molecule has 1 amide bonds. The molecule has 0 spiro atoms. The lowest BCUT2D eigenvalue weighted by molar-refractivity contribution is -0.131. The Kier molecular flexibility index (Phi) is 5.63. The zero-order valence-corrected chi connectivity index (χ0v) is 14.3. The van der Waals surface area contributed by atoms with Crippen LogP contribution in [0.1, 0.15) is 18.7 Å². The molecule has 2 aromatic heterocycles. The topological polar surface area (TPSA) is 59.2 Å². The highest BCUT2D eigenvalue weighted by atomic mass is 16.2. The SMILES string of the molecule is Cc1nccn1CCCN1CCCN(C(=O)Cn2cccn2)CC1. The van der Waals surface area contributed by atoms with Crippen molar-refractivity contribution in [2.45, 2.75) is 32.9 Å². The van der Waals surface area contributed by atoms with E-state index in [1.54, 1.807) is 10.9 Å². The molecule has 0 N–H and O–H groups in total. The number of rotatable bonds is 6. The molecule has 0 aromatic carbocycles. The summed E-state index contributed by atoms with van der Waals surface area (Å²) in [6.45, 7) is 8.12. The van der Waals surface area contributed by atoms with Gasteiger partial charge in [-0.25, -0.2) is 4.98 Å². The first-order valence-corrected chi connectivity index (χ1v) is 8.67. The predicted octanol–water partition coefficient (Wildman–Crippen LogP) is 1.01. The summed E-state index contributed by atoms with van der Waals surface area (Å²) in [6, 6.07) is 1.85. The summed E-state index contributed by atoms with van der Waals surface area (Å²) < 4.78 is 3.89. The number of imidazole rings is 1. The molecule has 7 heteroatoms. The molecule has 3 rings (SSSR count). The Morgan fingerprint density at radius 2 is 2.04 bits per heavy atom. The Bertz CT molecular complexity index is 635. The van der Waals surface area contributed by atoms with E-state index in [1.807, 2.05) is 36.5 Å². The quantitative estimate of drug-likeness (QED) is 0.793. The van der Waals surface area contributed by atoms with Crippen LogP contribution >= 0.6 is 0 Å². The van der Waals surface area contributed by atoms with Crippen molar-refractivity contribution >= 4 is 5.91 Å². The van der Waals surface area contributed by atoms with Gasteiger partial charge in [-0.05, 0) is 38.9 Å². The molecule has 0 bridgehead atoms. The summed E-state index contributed by atoms with van der Waals surface area (Å²) >= 11 is 0. The summed E-state index contributed by atoms with van der Waals surface area (Å²) in [7, 11) is 0. The Hall–Kier alpha value is -2.15. The number of hydrogen-bond donors (Lipinski definition) is 0. The van der Waals surface area contributed by atoms with Crippen molar-refractivity contribution in [3.63, 3.8) is 0 Å². The first kappa shape index (κ1) is 16.7. The molecule has 0 aliphatic carbocycles. The van der Waals surface area contributed by atoms with E-state index < -0.39 is 0 Å². The van der Waals surface area contributed by atoms with Crippen molar-refractivity contribution in [3.8, 4) is 0 Å². The van der Waals surface area contributed by atoms with Crippen LogP contribution in [0.5, 0.6) is 0 Å². The zero-order chi connectivity index (χ0) is 16.8. The molecule has 24 heavy (non-hydrogen) atoms. The number of nitrogens with zero attached hydrogens (tertiary/aromatic N) is 6. The third-order valence-electron chi connectivity index (χ3n) is 4.59. The van der Waals surface area contributed by atoms with Crippen molar-refractivity contribution < 1.29 is 4.79 Å². The number of aromatic nitrogens is 4. The molecule has 1 fully saturated rings. The van der Waals surface area contributed by atoms with Gasteiger partial charge < -0.3 is 14.4 Å². The third-order valence-corrected chi connectivity index (χ3v) is 4.59. The van der Waals surface area contributed by atoms with Crippen LogP contribution in [0, 0.1) is 6.92 Å². The first-order valence-electron chi connectivity index (χ1n) is 8.67. The van der Waals surface area contributed by atoms with Gasteiger partial charge in [0.05, 0.1) is 0 Å². The van der Waals surface area contributed by atoms with Crippen LogP contribution in [0.15, 0.2) is 30.9 Å². The van der Waals surface area contributed by atoms with Crippen LogP contribution in [0.2, 0.25) is 0 Å². The van der Waals surface area contributed by atoms with Gasteiger partial charge in [0.2, 0.25) is 5.91 Å². The third kappa shape index (κ3) is 4.44. The van der Waals surface area contributed by atoms with E-state index in [9.17, 15) is 4.79 Å². The molecule has 2 aromatic rings. The van der Waals surface area contributed by atoms with Crippen LogP contribution in [0.25, 0.3) is 0 Å². The summed E-state index contributed by atoms with van der Waals surface area (Å²) in [6.07, 6.45) is 9.57. The van der Waals surface area contributed by atoms with Crippen LogP contribution in [-0.2, 0) is 17.9 Å². The molecule has 3 heterocycles. The molecule has 0 atom stereocenters. The smallest absolute Gasteiger partial charge is 0.244 e. The molecule has 0 radical (unpaired) electrons. The molecule has 130 valence electrons. The molecule has 1 saturated heterocycles. The predicted molar refractivity (Wildman–Crippen MR) is 91.4 cm³/mol. The molecule has 0 unspecified atom stereocenters. The van der Waals surface area contributed by atoms with E-state index in [1.165, 1.54) is 0 Å². The molecular weight excluding hydrogens is 304 g/mol. The van der Waals surface area contributed by atoms with E-state index in [2.05, 4.69) is 19.5 Å². The van der Waals surface area contributed by atoms with E-state index in [4.69, 9.17) is 0 Å². The average Bonchev–Trinajstić information content (AvgIpc) is 3.15. The minimum atomic E-state index is 0.162. The monoisotopic (exact) mass is 330 g/mol. The van der Waals surface area contributed by atoms with Gasteiger partial charge in [0.25, 0.3) is 0 Å². The highest BCUT2D eigenvalue weighted by molar-refractivity contribution is 5.75. The van der Waals surface area contributed by atoms with Gasteiger partial charge in [-0.1, -0.05) is 0 Å². The summed E-state index contributed by atoms with van der Waals surface area (Å²) in [5.41, 5.74) is 0. The van der Waals surface area contributed by atoms with Gasteiger partial charge in [-0.2, -0.15) is 5.10 Å². The van der Waals surface area contributed by atoms with Crippen molar-refractivity contribution in [1.82, 2.24) is 29.1 Å². The Morgan fingerprint density at radius 1 is 1.12 bits per heavy atom. The second kappa shape index (κ2) is 8.10. The fourth-order valence-electron chi connectivity index (χ4n) is 3.18. The maximum absolute atomic E-state index is 12.4.